The minimum atomic E-state index is 0.549. The van der Waals surface area contributed by atoms with Gasteiger partial charge in [0.15, 0.2) is 0 Å². The second-order valence-electron chi connectivity index (χ2n) is 3.96. The van der Waals surface area contributed by atoms with Crippen LogP contribution in [0.3, 0.4) is 0 Å². The van der Waals surface area contributed by atoms with Crippen LogP contribution in [0, 0.1) is 0 Å². The van der Waals surface area contributed by atoms with Crippen LogP contribution in [-0.2, 0) is 17.6 Å². The predicted octanol–water partition coefficient (Wildman–Crippen LogP) is 2.87. The van der Waals surface area contributed by atoms with Crippen molar-refractivity contribution in [3.63, 3.8) is 0 Å². The molecule has 1 atom stereocenters. The summed E-state index contributed by atoms with van der Waals surface area (Å²) in [5.74, 6) is 0. The molecule has 1 N–H and O–H groups in total. The standard InChI is InChI=1S/C13H23NOS/c1-4-12-6-7-13(16-12)10-11(14-5-2)8-9-15-3/h6-7,11,14H,4-5,8-10H2,1-3H3. The van der Waals surface area contributed by atoms with Crippen molar-refractivity contribution < 1.29 is 4.74 Å². The molecule has 3 heteroatoms. The fourth-order valence-corrected chi connectivity index (χ4v) is 2.83. The summed E-state index contributed by atoms with van der Waals surface area (Å²) in [4.78, 5) is 2.97. The monoisotopic (exact) mass is 241 g/mol. The van der Waals surface area contributed by atoms with E-state index in [1.807, 2.05) is 11.3 Å². The Labute approximate surface area is 103 Å². The second kappa shape index (κ2) is 7.82. The summed E-state index contributed by atoms with van der Waals surface area (Å²) in [5.41, 5.74) is 0. The molecule has 1 aromatic heterocycles. The van der Waals surface area contributed by atoms with Crippen LogP contribution in [0.2, 0.25) is 0 Å². The van der Waals surface area contributed by atoms with Crippen molar-refractivity contribution in [1.82, 2.24) is 5.32 Å². The third kappa shape index (κ3) is 4.64. The lowest BCUT2D eigenvalue weighted by Gasteiger charge is -2.16. The Morgan fingerprint density at radius 3 is 2.62 bits per heavy atom. The summed E-state index contributed by atoms with van der Waals surface area (Å²) >= 11 is 1.94. The van der Waals surface area contributed by atoms with Gasteiger partial charge in [-0.25, -0.2) is 0 Å². The molecule has 0 aliphatic heterocycles. The first-order valence-electron chi connectivity index (χ1n) is 6.10. The number of aryl methyl sites for hydroxylation is 1. The molecule has 0 saturated carbocycles. The smallest absolute Gasteiger partial charge is 0.0477 e. The van der Waals surface area contributed by atoms with E-state index in [0.29, 0.717) is 6.04 Å². The van der Waals surface area contributed by atoms with Crippen LogP contribution in [0.1, 0.15) is 30.0 Å². The molecule has 16 heavy (non-hydrogen) atoms. The molecule has 2 nitrogen and oxygen atoms in total. The fourth-order valence-electron chi connectivity index (χ4n) is 1.79. The number of ether oxygens (including phenoxy) is 1. The maximum Gasteiger partial charge on any atom is 0.0477 e. The first kappa shape index (κ1) is 13.7. The molecule has 92 valence electrons. The SMILES string of the molecule is CCNC(CCOC)Cc1ccc(CC)s1. The highest BCUT2D eigenvalue weighted by Gasteiger charge is 2.09. The Hall–Kier alpha value is -0.380. The lowest BCUT2D eigenvalue weighted by Crippen LogP contribution is -2.31. The largest absolute Gasteiger partial charge is 0.385 e. The number of thiophene rings is 1. The Balaban J connectivity index is 2.46. The molecule has 0 spiro atoms. The van der Waals surface area contributed by atoms with Gasteiger partial charge < -0.3 is 10.1 Å². The minimum Gasteiger partial charge on any atom is -0.385 e. The zero-order valence-electron chi connectivity index (χ0n) is 10.6. The van der Waals surface area contributed by atoms with Gasteiger partial charge in [0.2, 0.25) is 0 Å². The molecule has 0 radical (unpaired) electrons. The second-order valence-corrected chi connectivity index (χ2v) is 5.21. The van der Waals surface area contributed by atoms with Crippen molar-refractivity contribution in [2.45, 2.75) is 39.2 Å². The van der Waals surface area contributed by atoms with Crippen molar-refractivity contribution in [2.75, 3.05) is 20.3 Å². The van der Waals surface area contributed by atoms with Crippen molar-refractivity contribution >= 4 is 11.3 Å². The summed E-state index contributed by atoms with van der Waals surface area (Å²) in [6, 6.07) is 5.06. The van der Waals surface area contributed by atoms with Gasteiger partial charge >= 0.3 is 0 Å². The molecule has 1 aromatic rings. The van der Waals surface area contributed by atoms with Gasteiger partial charge in [-0.15, -0.1) is 11.3 Å². The zero-order valence-corrected chi connectivity index (χ0v) is 11.4. The number of nitrogens with one attached hydrogen (secondary N) is 1. The summed E-state index contributed by atoms with van der Waals surface area (Å²) in [7, 11) is 1.77. The van der Waals surface area contributed by atoms with Crippen molar-refractivity contribution in [3.8, 4) is 0 Å². The molecule has 0 aromatic carbocycles. The van der Waals surface area contributed by atoms with E-state index in [1.54, 1.807) is 7.11 Å². The van der Waals surface area contributed by atoms with E-state index in [-0.39, 0.29) is 0 Å². The maximum absolute atomic E-state index is 5.15. The Bertz CT molecular complexity index is 285. The third-order valence-electron chi connectivity index (χ3n) is 2.68. The van der Waals surface area contributed by atoms with Crippen LogP contribution < -0.4 is 5.32 Å². The summed E-state index contributed by atoms with van der Waals surface area (Å²) < 4.78 is 5.15. The molecule has 0 aliphatic carbocycles. The average molecular weight is 241 g/mol. The number of methoxy groups -OCH3 is 1. The van der Waals surface area contributed by atoms with Crippen LogP contribution in [0.15, 0.2) is 12.1 Å². The Morgan fingerprint density at radius 2 is 2.06 bits per heavy atom. The summed E-state index contributed by atoms with van der Waals surface area (Å²) in [5, 5.41) is 3.52. The quantitative estimate of drug-likeness (QED) is 0.755. The highest BCUT2D eigenvalue weighted by atomic mass is 32.1. The molecule has 1 unspecified atom stereocenters. The first-order chi connectivity index (χ1) is 7.80. The van der Waals surface area contributed by atoms with E-state index in [2.05, 4.69) is 31.3 Å². The van der Waals surface area contributed by atoms with Crippen molar-refractivity contribution in [2.24, 2.45) is 0 Å². The number of hydrogen-bond acceptors (Lipinski definition) is 3. The normalized spacial score (nSPS) is 12.9. The average Bonchev–Trinajstić information content (AvgIpc) is 2.74. The van der Waals surface area contributed by atoms with Crippen LogP contribution >= 0.6 is 11.3 Å². The van der Waals surface area contributed by atoms with E-state index in [9.17, 15) is 0 Å². The van der Waals surface area contributed by atoms with Gasteiger partial charge in [-0.2, -0.15) is 0 Å². The minimum absolute atomic E-state index is 0.549. The molecule has 0 amide bonds. The van der Waals surface area contributed by atoms with E-state index < -0.39 is 0 Å². The molecule has 1 heterocycles. The fraction of sp³-hybridized carbons (Fsp3) is 0.692. The molecule has 0 aliphatic rings. The first-order valence-corrected chi connectivity index (χ1v) is 6.91. The number of rotatable bonds is 8. The molecule has 0 saturated heterocycles. The van der Waals surface area contributed by atoms with Gasteiger partial charge in [-0.1, -0.05) is 13.8 Å². The summed E-state index contributed by atoms with van der Waals surface area (Å²) in [6.45, 7) is 6.23. The third-order valence-corrected chi connectivity index (χ3v) is 3.93. The van der Waals surface area contributed by atoms with Gasteiger partial charge in [0.25, 0.3) is 0 Å². The van der Waals surface area contributed by atoms with Gasteiger partial charge in [-0.3, -0.25) is 0 Å². The lowest BCUT2D eigenvalue weighted by atomic mass is 10.1. The van der Waals surface area contributed by atoms with Crippen LogP contribution in [0.4, 0.5) is 0 Å². The van der Waals surface area contributed by atoms with Gasteiger partial charge in [-0.05, 0) is 37.9 Å². The molecule has 1 rings (SSSR count). The van der Waals surface area contributed by atoms with E-state index in [1.165, 1.54) is 9.75 Å². The summed E-state index contributed by atoms with van der Waals surface area (Å²) in [6.07, 6.45) is 3.36. The Kier molecular flexibility index (Phi) is 6.69. The van der Waals surface area contributed by atoms with E-state index in [0.717, 1.165) is 32.4 Å². The van der Waals surface area contributed by atoms with Crippen LogP contribution in [0.5, 0.6) is 0 Å². The van der Waals surface area contributed by atoms with Crippen molar-refractivity contribution in [1.29, 1.82) is 0 Å². The molecule has 0 bridgehead atoms. The zero-order chi connectivity index (χ0) is 11.8. The maximum atomic E-state index is 5.15. The molecular weight excluding hydrogens is 218 g/mol. The topological polar surface area (TPSA) is 21.3 Å². The van der Waals surface area contributed by atoms with E-state index in [4.69, 9.17) is 4.74 Å². The highest BCUT2D eigenvalue weighted by Crippen LogP contribution is 2.19. The van der Waals surface area contributed by atoms with Gasteiger partial charge in [0.1, 0.15) is 0 Å². The number of hydrogen-bond donors (Lipinski definition) is 1. The highest BCUT2D eigenvalue weighted by molar-refractivity contribution is 7.11. The van der Waals surface area contributed by atoms with Crippen LogP contribution in [-0.4, -0.2) is 26.3 Å². The van der Waals surface area contributed by atoms with Crippen molar-refractivity contribution in [3.05, 3.63) is 21.9 Å². The van der Waals surface area contributed by atoms with Crippen LogP contribution in [0.25, 0.3) is 0 Å². The lowest BCUT2D eigenvalue weighted by molar-refractivity contribution is 0.183. The molecular formula is C13H23NOS. The Morgan fingerprint density at radius 1 is 1.31 bits per heavy atom. The predicted molar refractivity (Wildman–Crippen MR) is 71.4 cm³/mol. The van der Waals surface area contributed by atoms with Gasteiger partial charge in [0.05, 0.1) is 0 Å². The van der Waals surface area contributed by atoms with Gasteiger partial charge in [0, 0.05) is 29.5 Å². The molecule has 0 fully saturated rings. The van der Waals surface area contributed by atoms with E-state index >= 15 is 0 Å². The number of likely N-dealkylation sites (N-methyl/N-ethyl adjacent to an activating group) is 1.